The van der Waals surface area contributed by atoms with Crippen LogP contribution in [0, 0.1) is 0 Å². The van der Waals surface area contributed by atoms with Crippen molar-refractivity contribution in [1.82, 2.24) is 10.3 Å². The van der Waals surface area contributed by atoms with E-state index in [0.717, 1.165) is 18.2 Å². The topological polar surface area (TPSA) is 62.2 Å². The van der Waals surface area contributed by atoms with Crippen LogP contribution in [0.15, 0.2) is 18.5 Å². The van der Waals surface area contributed by atoms with E-state index in [9.17, 15) is 9.90 Å². The number of aromatic hydroxyl groups is 1. The summed E-state index contributed by atoms with van der Waals surface area (Å²) in [6, 6.07) is 1.50. The fourth-order valence-electron chi connectivity index (χ4n) is 1.09. The molecule has 0 aromatic carbocycles. The van der Waals surface area contributed by atoms with Crippen LogP contribution in [0.3, 0.4) is 0 Å². The Morgan fingerprint density at radius 3 is 3.00 bits per heavy atom. The molecule has 1 aromatic rings. The molecule has 82 valence electrons. The summed E-state index contributed by atoms with van der Waals surface area (Å²) in [4.78, 5) is 15.2. The Morgan fingerprint density at radius 1 is 1.53 bits per heavy atom. The molecule has 4 nitrogen and oxygen atoms in total. The number of nitrogens with zero attached hydrogens (tertiary/aromatic N) is 1. The first kappa shape index (κ1) is 12.0. The van der Waals surface area contributed by atoms with Crippen LogP contribution >= 0.6 is 15.9 Å². The molecule has 1 amide bonds. The summed E-state index contributed by atoms with van der Waals surface area (Å²) < 4.78 is 0. The highest BCUT2D eigenvalue weighted by Crippen LogP contribution is 2.13. The Labute approximate surface area is 96.8 Å². The van der Waals surface area contributed by atoms with Crippen molar-refractivity contribution < 1.29 is 9.90 Å². The van der Waals surface area contributed by atoms with Crippen LogP contribution in [0.4, 0.5) is 0 Å². The maximum absolute atomic E-state index is 11.5. The normalized spacial score (nSPS) is 9.93. The number of amides is 1. The van der Waals surface area contributed by atoms with Crippen molar-refractivity contribution in [2.75, 3.05) is 11.9 Å². The predicted molar refractivity (Wildman–Crippen MR) is 61.3 cm³/mol. The molecule has 0 saturated heterocycles. The first-order valence-corrected chi connectivity index (χ1v) is 5.85. The van der Waals surface area contributed by atoms with Gasteiger partial charge in [0.05, 0.1) is 11.8 Å². The number of rotatable bonds is 5. The molecule has 0 aliphatic rings. The van der Waals surface area contributed by atoms with Gasteiger partial charge in [0.25, 0.3) is 5.91 Å². The van der Waals surface area contributed by atoms with Crippen LogP contribution < -0.4 is 5.32 Å². The summed E-state index contributed by atoms with van der Waals surface area (Å²) in [6.45, 7) is 0.617. The number of hydrogen-bond acceptors (Lipinski definition) is 3. The molecule has 15 heavy (non-hydrogen) atoms. The molecule has 0 bridgehead atoms. The van der Waals surface area contributed by atoms with Gasteiger partial charge in [0.15, 0.2) is 0 Å². The monoisotopic (exact) mass is 272 g/mol. The highest BCUT2D eigenvalue weighted by atomic mass is 79.9. The average Bonchev–Trinajstić information content (AvgIpc) is 2.25. The molecular weight excluding hydrogens is 260 g/mol. The SMILES string of the molecule is O=C(NCCCCBr)c1ccncc1O. The van der Waals surface area contributed by atoms with E-state index in [1.807, 2.05) is 0 Å². The van der Waals surface area contributed by atoms with Crippen LogP contribution in [0.25, 0.3) is 0 Å². The van der Waals surface area contributed by atoms with E-state index in [1.165, 1.54) is 18.5 Å². The molecule has 0 fully saturated rings. The summed E-state index contributed by atoms with van der Waals surface area (Å²) in [5.41, 5.74) is 0.267. The van der Waals surface area contributed by atoms with Gasteiger partial charge in [0.2, 0.25) is 0 Å². The molecule has 0 spiro atoms. The lowest BCUT2D eigenvalue weighted by atomic mass is 10.2. The Bertz CT molecular complexity index is 331. The number of carbonyl (C=O) groups excluding carboxylic acids is 1. The van der Waals surface area contributed by atoms with E-state index in [4.69, 9.17) is 0 Å². The molecule has 1 aromatic heterocycles. The zero-order valence-electron chi connectivity index (χ0n) is 8.24. The minimum atomic E-state index is -0.260. The molecule has 0 atom stereocenters. The lowest BCUT2D eigenvalue weighted by Crippen LogP contribution is -2.24. The van der Waals surface area contributed by atoms with Gasteiger partial charge in [-0.2, -0.15) is 0 Å². The van der Waals surface area contributed by atoms with Crippen molar-refractivity contribution >= 4 is 21.8 Å². The van der Waals surface area contributed by atoms with E-state index in [1.54, 1.807) is 0 Å². The van der Waals surface area contributed by atoms with E-state index >= 15 is 0 Å². The highest BCUT2D eigenvalue weighted by molar-refractivity contribution is 9.09. The van der Waals surface area contributed by atoms with Gasteiger partial charge in [-0.15, -0.1) is 0 Å². The average molecular weight is 273 g/mol. The maximum Gasteiger partial charge on any atom is 0.255 e. The standard InChI is InChI=1S/C10H13BrN2O2/c11-4-1-2-5-13-10(15)8-3-6-12-7-9(8)14/h3,6-7,14H,1-2,4-5H2,(H,13,15). The summed E-state index contributed by atoms with van der Waals surface area (Å²) in [5, 5.41) is 13.0. The number of nitrogens with one attached hydrogen (secondary N) is 1. The Balaban J connectivity index is 2.44. The number of alkyl halides is 1. The number of carbonyl (C=O) groups is 1. The minimum Gasteiger partial charge on any atom is -0.505 e. The summed E-state index contributed by atoms with van der Waals surface area (Å²) in [6.07, 6.45) is 4.67. The largest absolute Gasteiger partial charge is 0.505 e. The Kier molecular flexibility index (Phi) is 5.10. The first-order valence-electron chi connectivity index (χ1n) is 4.73. The summed E-state index contributed by atoms with van der Waals surface area (Å²) >= 11 is 3.31. The number of halogens is 1. The van der Waals surface area contributed by atoms with Crippen molar-refractivity contribution in [2.24, 2.45) is 0 Å². The molecule has 0 aliphatic heterocycles. The molecule has 1 rings (SSSR count). The third-order valence-corrected chi connectivity index (χ3v) is 2.45. The van der Waals surface area contributed by atoms with Crippen LogP contribution in [0.1, 0.15) is 23.2 Å². The lowest BCUT2D eigenvalue weighted by molar-refractivity contribution is 0.0950. The summed E-state index contributed by atoms with van der Waals surface area (Å²) in [5.74, 6) is -0.347. The minimum absolute atomic E-state index is 0.0875. The van der Waals surface area contributed by atoms with Gasteiger partial charge in [-0.1, -0.05) is 15.9 Å². The summed E-state index contributed by atoms with van der Waals surface area (Å²) in [7, 11) is 0. The fourth-order valence-corrected chi connectivity index (χ4v) is 1.49. The smallest absolute Gasteiger partial charge is 0.255 e. The van der Waals surface area contributed by atoms with Crippen molar-refractivity contribution in [3.63, 3.8) is 0 Å². The third-order valence-electron chi connectivity index (χ3n) is 1.89. The number of unbranched alkanes of at least 4 members (excludes halogenated alkanes) is 1. The molecule has 1 heterocycles. The van der Waals surface area contributed by atoms with Crippen molar-refractivity contribution in [3.05, 3.63) is 24.0 Å². The quantitative estimate of drug-likeness (QED) is 0.634. The zero-order chi connectivity index (χ0) is 11.1. The number of aromatic nitrogens is 1. The van der Waals surface area contributed by atoms with Crippen LogP contribution in [0.2, 0.25) is 0 Å². The Hall–Kier alpha value is -1.10. The first-order chi connectivity index (χ1) is 7.25. The molecule has 2 N–H and O–H groups in total. The number of hydrogen-bond donors (Lipinski definition) is 2. The second-order valence-electron chi connectivity index (χ2n) is 3.04. The second-order valence-corrected chi connectivity index (χ2v) is 3.84. The van der Waals surface area contributed by atoms with Gasteiger partial charge >= 0.3 is 0 Å². The lowest BCUT2D eigenvalue weighted by Gasteiger charge is -2.05. The Morgan fingerprint density at radius 2 is 2.33 bits per heavy atom. The van der Waals surface area contributed by atoms with Gasteiger partial charge < -0.3 is 10.4 Å². The zero-order valence-corrected chi connectivity index (χ0v) is 9.83. The van der Waals surface area contributed by atoms with Crippen LogP contribution in [0.5, 0.6) is 5.75 Å². The van der Waals surface area contributed by atoms with Gasteiger partial charge in [0.1, 0.15) is 5.75 Å². The van der Waals surface area contributed by atoms with Crippen LogP contribution in [-0.2, 0) is 0 Å². The van der Waals surface area contributed by atoms with E-state index < -0.39 is 0 Å². The molecule has 0 unspecified atom stereocenters. The predicted octanol–water partition coefficient (Wildman–Crippen LogP) is 1.69. The molecule has 0 saturated carbocycles. The van der Waals surface area contributed by atoms with Crippen LogP contribution in [-0.4, -0.2) is 27.9 Å². The van der Waals surface area contributed by atoms with Crippen molar-refractivity contribution in [2.45, 2.75) is 12.8 Å². The van der Waals surface area contributed by atoms with E-state index in [2.05, 4.69) is 26.2 Å². The van der Waals surface area contributed by atoms with E-state index in [-0.39, 0.29) is 17.2 Å². The molecule has 5 heteroatoms. The van der Waals surface area contributed by atoms with Gasteiger partial charge in [0, 0.05) is 18.1 Å². The number of pyridine rings is 1. The second kappa shape index (κ2) is 6.40. The van der Waals surface area contributed by atoms with Crippen molar-refractivity contribution in [1.29, 1.82) is 0 Å². The van der Waals surface area contributed by atoms with Gasteiger partial charge in [-0.3, -0.25) is 9.78 Å². The highest BCUT2D eigenvalue weighted by Gasteiger charge is 2.09. The van der Waals surface area contributed by atoms with Gasteiger partial charge in [-0.05, 0) is 18.9 Å². The van der Waals surface area contributed by atoms with Gasteiger partial charge in [-0.25, -0.2) is 0 Å². The fraction of sp³-hybridized carbons (Fsp3) is 0.400. The van der Waals surface area contributed by atoms with E-state index in [0.29, 0.717) is 6.54 Å². The third kappa shape index (κ3) is 3.87. The maximum atomic E-state index is 11.5. The molecular formula is C10H13BrN2O2. The molecule has 0 aliphatic carbocycles. The molecule has 0 radical (unpaired) electrons. The van der Waals surface area contributed by atoms with Crippen molar-refractivity contribution in [3.8, 4) is 5.75 Å².